The van der Waals surface area contributed by atoms with Gasteiger partial charge in [0.1, 0.15) is 5.75 Å². The molecular formula is C14H14BrNO2. The standard InChI is InChI=1S/C14H13NO2.BrH/c1-17-14-5-3-2-4-12(14)13(16)10-11-6-8-15-9-7-11;/h2-9H,10H2,1H3;1H. The lowest BCUT2D eigenvalue weighted by Gasteiger charge is -2.06. The number of pyridine rings is 1. The van der Waals surface area contributed by atoms with Crippen LogP contribution in [-0.4, -0.2) is 17.9 Å². The number of ether oxygens (including phenoxy) is 1. The van der Waals surface area contributed by atoms with Gasteiger partial charge in [0.2, 0.25) is 0 Å². The normalized spacial score (nSPS) is 9.39. The second kappa shape index (κ2) is 6.91. The van der Waals surface area contributed by atoms with Gasteiger partial charge < -0.3 is 4.74 Å². The fourth-order valence-corrected chi connectivity index (χ4v) is 1.66. The first-order valence-electron chi connectivity index (χ1n) is 5.36. The van der Waals surface area contributed by atoms with Crippen LogP contribution in [0.3, 0.4) is 0 Å². The molecule has 0 amide bonds. The minimum Gasteiger partial charge on any atom is -0.496 e. The molecule has 0 spiro atoms. The third-order valence-electron chi connectivity index (χ3n) is 2.52. The fraction of sp³-hybridized carbons (Fsp3) is 0.143. The second-order valence-electron chi connectivity index (χ2n) is 3.66. The van der Waals surface area contributed by atoms with Gasteiger partial charge in [0.25, 0.3) is 0 Å². The van der Waals surface area contributed by atoms with Crippen molar-refractivity contribution in [2.45, 2.75) is 6.42 Å². The molecule has 0 bridgehead atoms. The van der Waals surface area contributed by atoms with Gasteiger partial charge in [-0.05, 0) is 29.8 Å². The zero-order chi connectivity index (χ0) is 12.1. The van der Waals surface area contributed by atoms with E-state index in [1.807, 2.05) is 24.3 Å². The summed E-state index contributed by atoms with van der Waals surface area (Å²) in [5.74, 6) is 0.667. The SMILES string of the molecule is Br.COc1ccccc1C(=O)Cc1ccncc1. The van der Waals surface area contributed by atoms with E-state index < -0.39 is 0 Å². The minimum atomic E-state index is 0. The van der Waals surface area contributed by atoms with Crippen molar-refractivity contribution in [1.82, 2.24) is 4.98 Å². The maximum Gasteiger partial charge on any atom is 0.170 e. The summed E-state index contributed by atoms with van der Waals surface area (Å²) < 4.78 is 5.17. The van der Waals surface area contributed by atoms with Gasteiger partial charge in [-0.1, -0.05) is 12.1 Å². The third kappa shape index (κ3) is 3.40. The Kier molecular flexibility index (Phi) is 5.52. The van der Waals surface area contributed by atoms with E-state index in [-0.39, 0.29) is 22.8 Å². The number of carbonyl (C=O) groups is 1. The summed E-state index contributed by atoms with van der Waals surface area (Å²) in [6, 6.07) is 10.9. The number of benzene rings is 1. The first-order valence-corrected chi connectivity index (χ1v) is 5.36. The molecule has 3 nitrogen and oxygen atoms in total. The predicted molar refractivity (Wildman–Crippen MR) is 75.6 cm³/mol. The van der Waals surface area contributed by atoms with E-state index in [1.54, 1.807) is 31.6 Å². The van der Waals surface area contributed by atoms with Crippen LogP contribution < -0.4 is 4.74 Å². The van der Waals surface area contributed by atoms with Crippen LogP contribution in [0.15, 0.2) is 48.8 Å². The second-order valence-corrected chi connectivity index (χ2v) is 3.66. The van der Waals surface area contributed by atoms with E-state index in [0.29, 0.717) is 17.7 Å². The molecule has 0 unspecified atom stereocenters. The van der Waals surface area contributed by atoms with Gasteiger partial charge >= 0.3 is 0 Å². The zero-order valence-corrected chi connectivity index (χ0v) is 11.7. The summed E-state index contributed by atoms with van der Waals surface area (Å²) in [6.07, 6.45) is 3.73. The Balaban J connectivity index is 0.00000162. The third-order valence-corrected chi connectivity index (χ3v) is 2.52. The van der Waals surface area contributed by atoms with Crippen molar-refractivity contribution >= 4 is 22.8 Å². The maximum atomic E-state index is 12.1. The van der Waals surface area contributed by atoms with Gasteiger partial charge in [-0.3, -0.25) is 9.78 Å². The first-order chi connectivity index (χ1) is 8.31. The molecule has 0 aliphatic heterocycles. The summed E-state index contributed by atoms with van der Waals surface area (Å²) in [5.41, 5.74) is 1.57. The lowest BCUT2D eigenvalue weighted by atomic mass is 10.0. The largest absolute Gasteiger partial charge is 0.496 e. The number of hydrogen-bond acceptors (Lipinski definition) is 3. The van der Waals surface area contributed by atoms with E-state index >= 15 is 0 Å². The van der Waals surface area contributed by atoms with E-state index in [9.17, 15) is 4.79 Å². The molecule has 0 aliphatic rings. The summed E-state index contributed by atoms with van der Waals surface area (Å²) in [4.78, 5) is 16.0. The van der Waals surface area contributed by atoms with Gasteiger partial charge in [-0.2, -0.15) is 0 Å². The molecule has 1 aromatic carbocycles. The van der Waals surface area contributed by atoms with Crippen LogP contribution in [0.25, 0.3) is 0 Å². The topological polar surface area (TPSA) is 39.2 Å². The number of halogens is 1. The molecule has 18 heavy (non-hydrogen) atoms. The summed E-state index contributed by atoms with van der Waals surface area (Å²) in [6.45, 7) is 0. The van der Waals surface area contributed by atoms with Gasteiger partial charge in [-0.25, -0.2) is 0 Å². The number of aromatic nitrogens is 1. The Bertz CT molecular complexity index is 514. The molecule has 0 radical (unpaired) electrons. The fourth-order valence-electron chi connectivity index (χ4n) is 1.66. The van der Waals surface area contributed by atoms with Crippen molar-refractivity contribution < 1.29 is 9.53 Å². The zero-order valence-electron chi connectivity index (χ0n) is 10.00. The summed E-state index contributed by atoms with van der Waals surface area (Å²) >= 11 is 0. The highest BCUT2D eigenvalue weighted by Crippen LogP contribution is 2.19. The molecule has 0 atom stereocenters. The summed E-state index contributed by atoms with van der Waals surface area (Å²) in [7, 11) is 1.57. The monoisotopic (exact) mass is 307 g/mol. The molecule has 2 rings (SSSR count). The van der Waals surface area contributed by atoms with Gasteiger partial charge in [0, 0.05) is 18.8 Å². The average molecular weight is 308 g/mol. The molecule has 1 heterocycles. The number of Topliss-reactive ketones (excluding diaryl/α,β-unsaturated/α-hetero) is 1. The van der Waals surface area contributed by atoms with Crippen LogP contribution in [0.5, 0.6) is 5.75 Å². The Hall–Kier alpha value is -1.68. The van der Waals surface area contributed by atoms with Crippen LogP contribution in [-0.2, 0) is 6.42 Å². The number of hydrogen-bond donors (Lipinski definition) is 0. The highest BCUT2D eigenvalue weighted by molar-refractivity contribution is 8.93. The van der Waals surface area contributed by atoms with Gasteiger partial charge in [0.05, 0.1) is 12.7 Å². The molecule has 0 saturated heterocycles. The smallest absolute Gasteiger partial charge is 0.170 e. The van der Waals surface area contributed by atoms with Crippen LogP contribution in [0.4, 0.5) is 0 Å². The van der Waals surface area contributed by atoms with E-state index in [4.69, 9.17) is 4.74 Å². The molecule has 0 aliphatic carbocycles. The Morgan fingerprint density at radius 2 is 1.83 bits per heavy atom. The maximum absolute atomic E-state index is 12.1. The number of para-hydroxylation sites is 1. The number of nitrogens with zero attached hydrogens (tertiary/aromatic N) is 1. The molecule has 94 valence electrons. The van der Waals surface area contributed by atoms with Gasteiger partial charge in [-0.15, -0.1) is 17.0 Å². The molecule has 0 fully saturated rings. The predicted octanol–water partition coefficient (Wildman–Crippen LogP) is 3.09. The summed E-state index contributed by atoms with van der Waals surface area (Å²) in [5, 5.41) is 0. The lowest BCUT2D eigenvalue weighted by Crippen LogP contribution is -2.05. The molecule has 2 aromatic rings. The van der Waals surface area contributed by atoms with Crippen LogP contribution in [0.1, 0.15) is 15.9 Å². The van der Waals surface area contributed by atoms with Crippen molar-refractivity contribution in [3.05, 3.63) is 59.9 Å². The molecule has 1 aromatic heterocycles. The first kappa shape index (κ1) is 14.4. The molecular weight excluding hydrogens is 294 g/mol. The van der Waals surface area contributed by atoms with Crippen molar-refractivity contribution in [3.63, 3.8) is 0 Å². The minimum absolute atomic E-state index is 0. The Labute approximate surface area is 117 Å². The Morgan fingerprint density at radius 3 is 2.50 bits per heavy atom. The lowest BCUT2D eigenvalue weighted by molar-refractivity contribution is 0.0990. The average Bonchev–Trinajstić information content (AvgIpc) is 2.40. The molecule has 0 N–H and O–H groups in total. The number of ketones is 1. The van der Waals surface area contributed by atoms with E-state index in [2.05, 4.69) is 4.98 Å². The number of methoxy groups -OCH3 is 1. The molecule has 4 heteroatoms. The number of rotatable bonds is 4. The van der Waals surface area contributed by atoms with Crippen molar-refractivity contribution in [3.8, 4) is 5.75 Å². The van der Waals surface area contributed by atoms with Crippen molar-refractivity contribution in [2.75, 3.05) is 7.11 Å². The van der Waals surface area contributed by atoms with Gasteiger partial charge in [0.15, 0.2) is 5.78 Å². The highest BCUT2D eigenvalue weighted by atomic mass is 79.9. The van der Waals surface area contributed by atoms with Crippen molar-refractivity contribution in [2.24, 2.45) is 0 Å². The van der Waals surface area contributed by atoms with Crippen LogP contribution >= 0.6 is 17.0 Å². The van der Waals surface area contributed by atoms with E-state index in [1.165, 1.54) is 0 Å². The van der Waals surface area contributed by atoms with Crippen LogP contribution in [0, 0.1) is 0 Å². The van der Waals surface area contributed by atoms with Crippen LogP contribution in [0.2, 0.25) is 0 Å². The highest BCUT2D eigenvalue weighted by Gasteiger charge is 2.11. The Morgan fingerprint density at radius 1 is 1.17 bits per heavy atom. The quantitative estimate of drug-likeness (QED) is 0.815. The van der Waals surface area contributed by atoms with Crippen molar-refractivity contribution in [1.29, 1.82) is 0 Å². The number of carbonyl (C=O) groups excluding carboxylic acids is 1. The van der Waals surface area contributed by atoms with E-state index in [0.717, 1.165) is 5.56 Å². The molecule has 0 saturated carbocycles.